The van der Waals surface area contributed by atoms with Gasteiger partial charge in [-0.1, -0.05) is 23.7 Å². The summed E-state index contributed by atoms with van der Waals surface area (Å²) in [5.74, 6) is -0.419. The molecule has 32 heavy (non-hydrogen) atoms. The number of phenols is 2. The average Bonchev–Trinajstić information content (AvgIpc) is 2.82. The van der Waals surface area contributed by atoms with Gasteiger partial charge in [0.15, 0.2) is 0 Å². The molecule has 0 atom stereocenters. The maximum absolute atomic E-state index is 9.90. The summed E-state index contributed by atoms with van der Waals surface area (Å²) in [6.07, 6.45) is 3.56. The van der Waals surface area contributed by atoms with Gasteiger partial charge in [-0.05, 0) is 54.6 Å². The molecule has 0 spiro atoms. The normalized spacial score (nSPS) is 11.0. The van der Waals surface area contributed by atoms with Crippen LogP contribution in [-0.2, 0) is 13.1 Å². The molecule has 160 valence electrons. The summed E-state index contributed by atoms with van der Waals surface area (Å²) in [5, 5.41) is 27.7. The zero-order valence-corrected chi connectivity index (χ0v) is 17.8. The highest BCUT2D eigenvalue weighted by Gasteiger charge is 2.11. The molecule has 2 N–H and O–H groups in total. The van der Waals surface area contributed by atoms with E-state index in [4.69, 9.17) is 11.6 Å². The molecule has 0 fully saturated rings. The van der Waals surface area contributed by atoms with Crippen LogP contribution in [0.1, 0.15) is 11.4 Å². The highest BCUT2D eigenvalue weighted by Crippen LogP contribution is 2.37. The zero-order chi connectivity index (χ0) is 22.3. The van der Waals surface area contributed by atoms with Crippen LogP contribution in [0.3, 0.4) is 0 Å². The standard InChI is InChI=1S/C24H20ClN5O2/c25-21-13-22(24(32)14-23(21)31)29-28-17-7-9-20(10-8-17)30(15-18-5-1-3-11-26-18)16-19-6-2-4-12-27-19/h1-14,31-32H,15-16H2. The van der Waals surface area contributed by atoms with Crippen molar-refractivity contribution in [1.82, 2.24) is 9.97 Å². The van der Waals surface area contributed by atoms with Crippen LogP contribution in [0.25, 0.3) is 0 Å². The van der Waals surface area contributed by atoms with Crippen molar-refractivity contribution >= 4 is 28.7 Å². The summed E-state index contributed by atoms with van der Waals surface area (Å²) in [4.78, 5) is 11.1. The number of aromatic hydroxyl groups is 2. The monoisotopic (exact) mass is 445 g/mol. The van der Waals surface area contributed by atoms with Crippen LogP contribution >= 0.6 is 11.6 Å². The van der Waals surface area contributed by atoms with Gasteiger partial charge in [0.05, 0.1) is 35.2 Å². The number of anilines is 1. The lowest BCUT2D eigenvalue weighted by Crippen LogP contribution is -2.23. The third kappa shape index (κ3) is 5.39. The number of hydrogen-bond donors (Lipinski definition) is 2. The highest BCUT2D eigenvalue weighted by molar-refractivity contribution is 6.32. The van der Waals surface area contributed by atoms with E-state index < -0.39 is 0 Å². The molecule has 0 unspecified atom stereocenters. The van der Waals surface area contributed by atoms with Crippen molar-refractivity contribution in [3.8, 4) is 11.5 Å². The van der Waals surface area contributed by atoms with Crippen LogP contribution in [0.5, 0.6) is 11.5 Å². The number of benzene rings is 2. The van der Waals surface area contributed by atoms with Gasteiger partial charge in [-0.2, -0.15) is 5.11 Å². The van der Waals surface area contributed by atoms with E-state index in [0.717, 1.165) is 23.1 Å². The molecule has 7 nitrogen and oxygen atoms in total. The number of pyridine rings is 2. The minimum absolute atomic E-state index is 0.0896. The van der Waals surface area contributed by atoms with Crippen molar-refractivity contribution in [2.45, 2.75) is 13.1 Å². The van der Waals surface area contributed by atoms with Gasteiger partial charge in [-0.15, -0.1) is 5.11 Å². The van der Waals surface area contributed by atoms with Crippen LogP contribution in [0.4, 0.5) is 17.1 Å². The number of aromatic nitrogens is 2. The molecule has 2 aromatic heterocycles. The molecule has 0 amide bonds. The molecule has 0 aliphatic heterocycles. The molecule has 2 aromatic carbocycles. The Labute approximate surface area is 190 Å². The predicted molar refractivity (Wildman–Crippen MR) is 124 cm³/mol. The van der Waals surface area contributed by atoms with Crippen LogP contribution in [0.15, 0.2) is 95.4 Å². The maximum Gasteiger partial charge on any atom is 0.146 e. The molecule has 8 heteroatoms. The lowest BCUT2D eigenvalue weighted by atomic mass is 10.2. The van der Waals surface area contributed by atoms with Gasteiger partial charge in [0, 0.05) is 24.1 Å². The van der Waals surface area contributed by atoms with E-state index in [9.17, 15) is 10.2 Å². The molecule has 0 saturated heterocycles. The molecule has 0 bridgehead atoms. The molecule has 0 aliphatic carbocycles. The molecule has 0 radical (unpaired) electrons. The second-order valence-electron chi connectivity index (χ2n) is 7.01. The topological polar surface area (TPSA) is 94.2 Å². The molecular weight excluding hydrogens is 426 g/mol. The van der Waals surface area contributed by atoms with E-state index in [1.54, 1.807) is 12.4 Å². The summed E-state index contributed by atoms with van der Waals surface area (Å²) in [7, 11) is 0. The van der Waals surface area contributed by atoms with E-state index in [1.807, 2.05) is 60.7 Å². The minimum Gasteiger partial charge on any atom is -0.506 e. The minimum atomic E-state index is -0.214. The number of phenolic OH excluding ortho intramolecular Hbond substituents is 2. The van der Waals surface area contributed by atoms with Crippen molar-refractivity contribution in [2.24, 2.45) is 10.2 Å². The van der Waals surface area contributed by atoms with Crippen molar-refractivity contribution in [3.63, 3.8) is 0 Å². The summed E-state index contributed by atoms with van der Waals surface area (Å²) < 4.78 is 0. The van der Waals surface area contributed by atoms with E-state index >= 15 is 0 Å². The van der Waals surface area contributed by atoms with Gasteiger partial charge in [0.1, 0.15) is 17.2 Å². The molecule has 4 aromatic rings. The van der Waals surface area contributed by atoms with Gasteiger partial charge in [0.2, 0.25) is 0 Å². The fourth-order valence-corrected chi connectivity index (χ4v) is 3.23. The first-order valence-corrected chi connectivity index (χ1v) is 10.2. The third-order valence-corrected chi connectivity index (χ3v) is 4.99. The van der Waals surface area contributed by atoms with Crippen molar-refractivity contribution in [2.75, 3.05) is 4.90 Å². The van der Waals surface area contributed by atoms with Gasteiger partial charge in [-0.25, -0.2) is 0 Å². The Morgan fingerprint density at radius 3 is 1.94 bits per heavy atom. The van der Waals surface area contributed by atoms with Crippen LogP contribution < -0.4 is 4.90 Å². The third-order valence-electron chi connectivity index (χ3n) is 4.69. The summed E-state index contributed by atoms with van der Waals surface area (Å²) in [5.41, 5.74) is 3.66. The number of hydrogen-bond acceptors (Lipinski definition) is 7. The number of nitrogens with zero attached hydrogens (tertiary/aromatic N) is 5. The molecule has 0 aliphatic rings. The molecular formula is C24H20ClN5O2. The van der Waals surface area contributed by atoms with Crippen LogP contribution in [0, 0.1) is 0 Å². The summed E-state index contributed by atoms with van der Waals surface area (Å²) in [6, 6.07) is 21.8. The fraction of sp³-hybridized carbons (Fsp3) is 0.0833. The van der Waals surface area contributed by atoms with E-state index in [2.05, 4.69) is 25.1 Å². The first-order chi connectivity index (χ1) is 15.6. The SMILES string of the molecule is Oc1cc(O)c(N=Nc2ccc(N(Cc3ccccn3)Cc3ccccn3)cc2)cc1Cl. The predicted octanol–water partition coefficient (Wildman–Crippen LogP) is 6.16. The smallest absolute Gasteiger partial charge is 0.146 e. The number of rotatable bonds is 7. The van der Waals surface area contributed by atoms with Crippen molar-refractivity contribution < 1.29 is 10.2 Å². The fourth-order valence-electron chi connectivity index (χ4n) is 3.08. The van der Waals surface area contributed by atoms with Gasteiger partial charge >= 0.3 is 0 Å². The quantitative estimate of drug-likeness (QED) is 0.332. The Balaban J connectivity index is 1.55. The molecule has 4 rings (SSSR count). The van der Waals surface area contributed by atoms with Crippen LogP contribution in [0.2, 0.25) is 5.02 Å². The second-order valence-corrected chi connectivity index (χ2v) is 7.41. The van der Waals surface area contributed by atoms with Crippen molar-refractivity contribution in [1.29, 1.82) is 0 Å². The zero-order valence-electron chi connectivity index (χ0n) is 17.0. The Hall–Kier alpha value is -3.97. The Morgan fingerprint density at radius 1 is 0.750 bits per heavy atom. The Morgan fingerprint density at radius 2 is 1.38 bits per heavy atom. The van der Waals surface area contributed by atoms with Crippen LogP contribution in [-0.4, -0.2) is 20.2 Å². The van der Waals surface area contributed by atoms with E-state index in [0.29, 0.717) is 18.8 Å². The maximum atomic E-state index is 9.90. The summed E-state index contributed by atoms with van der Waals surface area (Å²) in [6.45, 7) is 1.25. The van der Waals surface area contributed by atoms with E-state index in [-0.39, 0.29) is 22.2 Å². The van der Waals surface area contributed by atoms with Gasteiger partial charge < -0.3 is 15.1 Å². The van der Waals surface area contributed by atoms with Crippen molar-refractivity contribution in [3.05, 3.63) is 102 Å². The Bertz CT molecular complexity index is 1160. The highest BCUT2D eigenvalue weighted by atomic mass is 35.5. The first kappa shape index (κ1) is 21.3. The largest absolute Gasteiger partial charge is 0.506 e. The Kier molecular flexibility index (Phi) is 6.57. The summed E-state index contributed by atoms with van der Waals surface area (Å²) >= 11 is 5.88. The second kappa shape index (κ2) is 9.89. The number of azo groups is 1. The lowest BCUT2D eigenvalue weighted by molar-refractivity contribution is 0.451. The van der Waals surface area contributed by atoms with E-state index in [1.165, 1.54) is 6.07 Å². The average molecular weight is 446 g/mol. The first-order valence-electron chi connectivity index (χ1n) is 9.86. The molecule has 0 saturated carbocycles. The van der Waals surface area contributed by atoms with Gasteiger partial charge in [0.25, 0.3) is 0 Å². The lowest BCUT2D eigenvalue weighted by Gasteiger charge is -2.24. The van der Waals surface area contributed by atoms with Gasteiger partial charge in [-0.3, -0.25) is 9.97 Å². The molecule has 2 heterocycles. The number of halogens is 1.